The second kappa shape index (κ2) is 2.68. The highest BCUT2D eigenvalue weighted by Crippen LogP contribution is 2.27. The standard InChI is InChI=1S/C9H14O3/c1-8(2)7(10)5-6-9(3,11-4)12-8/h5-6H,1-4H3. The molecule has 0 bridgehead atoms. The predicted octanol–water partition coefficient (Wildman–Crippen LogP) is 1.28. The molecule has 0 aliphatic carbocycles. The maximum atomic E-state index is 11.3. The van der Waals surface area contributed by atoms with Crippen molar-refractivity contribution in [1.29, 1.82) is 0 Å². The third-order valence-corrected chi connectivity index (χ3v) is 1.99. The van der Waals surface area contributed by atoms with Gasteiger partial charge in [-0.2, -0.15) is 0 Å². The van der Waals surface area contributed by atoms with E-state index in [9.17, 15) is 4.79 Å². The Morgan fingerprint density at radius 2 is 2.00 bits per heavy atom. The molecule has 0 N–H and O–H groups in total. The van der Waals surface area contributed by atoms with Crippen LogP contribution in [0.3, 0.4) is 0 Å². The summed E-state index contributed by atoms with van der Waals surface area (Å²) in [6, 6.07) is 0. The first-order valence-electron chi connectivity index (χ1n) is 3.89. The summed E-state index contributed by atoms with van der Waals surface area (Å²) in [6.07, 6.45) is 3.13. The van der Waals surface area contributed by atoms with Crippen molar-refractivity contribution >= 4 is 5.78 Å². The van der Waals surface area contributed by atoms with Crippen LogP contribution in [0.15, 0.2) is 12.2 Å². The fourth-order valence-electron chi connectivity index (χ4n) is 1.13. The molecule has 3 heteroatoms. The third kappa shape index (κ3) is 1.57. The van der Waals surface area contributed by atoms with Crippen LogP contribution in [0.5, 0.6) is 0 Å². The summed E-state index contributed by atoms with van der Waals surface area (Å²) in [4.78, 5) is 11.3. The molecular formula is C9H14O3. The molecule has 1 atom stereocenters. The predicted molar refractivity (Wildman–Crippen MR) is 44.7 cm³/mol. The second-order valence-electron chi connectivity index (χ2n) is 3.53. The molecule has 0 amide bonds. The summed E-state index contributed by atoms with van der Waals surface area (Å²) < 4.78 is 10.6. The van der Waals surface area contributed by atoms with Gasteiger partial charge in [0.25, 0.3) is 0 Å². The highest BCUT2D eigenvalue weighted by atomic mass is 16.7. The number of ketones is 1. The first-order chi connectivity index (χ1) is 5.40. The first-order valence-corrected chi connectivity index (χ1v) is 3.89. The lowest BCUT2D eigenvalue weighted by atomic mass is 9.98. The van der Waals surface area contributed by atoms with Gasteiger partial charge in [-0.15, -0.1) is 0 Å². The Balaban J connectivity index is 2.93. The van der Waals surface area contributed by atoms with Crippen LogP contribution in [-0.4, -0.2) is 24.3 Å². The SMILES string of the molecule is COC1(C)C=CC(=O)C(C)(C)O1. The zero-order chi connectivity index (χ0) is 9.41. The molecule has 0 aromatic heterocycles. The van der Waals surface area contributed by atoms with Crippen LogP contribution in [0.25, 0.3) is 0 Å². The summed E-state index contributed by atoms with van der Waals surface area (Å²) >= 11 is 0. The maximum absolute atomic E-state index is 11.3. The monoisotopic (exact) mass is 170 g/mol. The molecule has 1 rings (SSSR count). The van der Waals surface area contributed by atoms with Gasteiger partial charge in [0.1, 0.15) is 5.60 Å². The lowest BCUT2D eigenvalue weighted by Gasteiger charge is -2.36. The number of methoxy groups -OCH3 is 1. The van der Waals surface area contributed by atoms with E-state index in [1.54, 1.807) is 34.0 Å². The van der Waals surface area contributed by atoms with E-state index >= 15 is 0 Å². The highest BCUT2D eigenvalue weighted by molar-refractivity contribution is 5.97. The van der Waals surface area contributed by atoms with E-state index in [0.29, 0.717) is 0 Å². The second-order valence-corrected chi connectivity index (χ2v) is 3.53. The van der Waals surface area contributed by atoms with Crippen LogP contribution in [0.4, 0.5) is 0 Å². The van der Waals surface area contributed by atoms with E-state index in [2.05, 4.69) is 0 Å². The zero-order valence-electron chi connectivity index (χ0n) is 7.88. The molecule has 0 spiro atoms. The van der Waals surface area contributed by atoms with Gasteiger partial charge in [0.05, 0.1) is 0 Å². The van der Waals surface area contributed by atoms with Crippen molar-refractivity contribution in [2.75, 3.05) is 7.11 Å². The van der Waals surface area contributed by atoms with Gasteiger partial charge in [0.15, 0.2) is 11.6 Å². The molecule has 0 aromatic rings. The number of carbonyl (C=O) groups excluding carboxylic acids is 1. The molecular weight excluding hydrogens is 156 g/mol. The van der Waals surface area contributed by atoms with Crippen LogP contribution in [0.2, 0.25) is 0 Å². The summed E-state index contributed by atoms with van der Waals surface area (Å²) in [5.74, 6) is -0.797. The van der Waals surface area contributed by atoms with Crippen molar-refractivity contribution in [2.45, 2.75) is 32.2 Å². The number of rotatable bonds is 1. The lowest BCUT2D eigenvalue weighted by Crippen LogP contribution is -2.47. The van der Waals surface area contributed by atoms with Crippen molar-refractivity contribution < 1.29 is 14.3 Å². The molecule has 0 radical (unpaired) electrons. The molecule has 0 saturated heterocycles. The first kappa shape index (κ1) is 9.42. The summed E-state index contributed by atoms with van der Waals surface area (Å²) in [5, 5.41) is 0. The molecule has 1 aliphatic rings. The number of ether oxygens (including phenoxy) is 2. The van der Waals surface area contributed by atoms with E-state index in [0.717, 1.165) is 0 Å². The normalized spacial score (nSPS) is 33.8. The van der Waals surface area contributed by atoms with Crippen LogP contribution >= 0.6 is 0 Å². The Labute approximate surface area is 72.4 Å². The summed E-state index contributed by atoms with van der Waals surface area (Å²) in [5.41, 5.74) is -0.778. The average Bonchev–Trinajstić information content (AvgIpc) is 1.97. The minimum atomic E-state index is -0.778. The Bertz CT molecular complexity index is 230. The zero-order valence-corrected chi connectivity index (χ0v) is 7.88. The van der Waals surface area contributed by atoms with Gasteiger partial charge in [-0.3, -0.25) is 4.79 Å². The minimum absolute atomic E-state index is 0.0305. The Morgan fingerprint density at radius 1 is 1.42 bits per heavy atom. The molecule has 0 fully saturated rings. The van der Waals surface area contributed by atoms with E-state index < -0.39 is 11.4 Å². The fourth-order valence-corrected chi connectivity index (χ4v) is 1.13. The van der Waals surface area contributed by atoms with E-state index in [1.807, 2.05) is 0 Å². The minimum Gasteiger partial charge on any atom is -0.350 e. The summed E-state index contributed by atoms with van der Waals surface area (Å²) in [6.45, 7) is 5.24. The smallest absolute Gasteiger partial charge is 0.186 e. The lowest BCUT2D eigenvalue weighted by molar-refractivity contribution is -0.231. The third-order valence-electron chi connectivity index (χ3n) is 1.99. The van der Waals surface area contributed by atoms with Gasteiger partial charge < -0.3 is 9.47 Å². The van der Waals surface area contributed by atoms with Crippen molar-refractivity contribution in [3.05, 3.63) is 12.2 Å². The number of hydrogen-bond acceptors (Lipinski definition) is 3. The van der Waals surface area contributed by atoms with Gasteiger partial charge in [-0.05, 0) is 32.9 Å². The van der Waals surface area contributed by atoms with E-state index in [1.165, 1.54) is 6.08 Å². The molecule has 0 aromatic carbocycles. The molecule has 1 unspecified atom stereocenters. The summed E-state index contributed by atoms with van der Waals surface area (Å²) in [7, 11) is 1.55. The van der Waals surface area contributed by atoms with Gasteiger partial charge in [0, 0.05) is 7.11 Å². The Morgan fingerprint density at radius 3 is 2.42 bits per heavy atom. The van der Waals surface area contributed by atoms with Crippen LogP contribution in [0, 0.1) is 0 Å². The van der Waals surface area contributed by atoms with E-state index in [-0.39, 0.29) is 5.78 Å². The average molecular weight is 170 g/mol. The largest absolute Gasteiger partial charge is 0.350 e. The van der Waals surface area contributed by atoms with Crippen molar-refractivity contribution in [3.63, 3.8) is 0 Å². The van der Waals surface area contributed by atoms with E-state index in [4.69, 9.17) is 9.47 Å². The number of hydrogen-bond donors (Lipinski definition) is 0. The Hall–Kier alpha value is -0.670. The molecule has 0 saturated carbocycles. The van der Waals surface area contributed by atoms with Crippen LogP contribution in [0.1, 0.15) is 20.8 Å². The maximum Gasteiger partial charge on any atom is 0.186 e. The highest BCUT2D eigenvalue weighted by Gasteiger charge is 2.39. The molecule has 1 aliphatic heterocycles. The molecule has 68 valence electrons. The van der Waals surface area contributed by atoms with Crippen molar-refractivity contribution in [3.8, 4) is 0 Å². The molecule has 1 heterocycles. The number of carbonyl (C=O) groups is 1. The van der Waals surface area contributed by atoms with Gasteiger partial charge in [-0.25, -0.2) is 0 Å². The fraction of sp³-hybridized carbons (Fsp3) is 0.667. The quantitative estimate of drug-likeness (QED) is 0.594. The van der Waals surface area contributed by atoms with Gasteiger partial charge in [0.2, 0.25) is 0 Å². The molecule has 12 heavy (non-hydrogen) atoms. The topological polar surface area (TPSA) is 35.5 Å². The molecule has 3 nitrogen and oxygen atoms in total. The van der Waals surface area contributed by atoms with Crippen molar-refractivity contribution in [1.82, 2.24) is 0 Å². The Kier molecular flexibility index (Phi) is 2.10. The van der Waals surface area contributed by atoms with Gasteiger partial charge in [-0.1, -0.05) is 0 Å². The van der Waals surface area contributed by atoms with Crippen LogP contribution in [-0.2, 0) is 14.3 Å². The van der Waals surface area contributed by atoms with Gasteiger partial charge >= 0.3 is 0 Å². The van der Waals surface area contributed by atoms with Crippen molar-refractivity contribution in [2.24, 2.45) is 0 Å². The van der Waals surface area contributed by atoms with Crippen LogP contribution < -0.4 is 0 Å².